The van der Waals surface area contributed by atoms with Gasteiger partial charge < -0.3 is 5.11 Å². The van der Waals surface area contributed by atoms with E-state index in [0.717, 1.165) is 12.1 Å². The number of aliphatic hydroxyl groups excluding tert-OH is 1. The summed E-state index contributed by atoms with van der Waals surface area (Å²) in [5.74, 6) is 0.567. The summed E-state index contributed by atoms with van der Waals surface area (Å²) < 4.78 is 1.73. The zero-order valence-corrected chi connectivity index (χ0v) is 9.27. The van der Waals surface area contributed by atoms with E-state index in [-0.39, 0.29) is 0 Å². The first-order chi connectivity index (χ1) is 6.63. The zero-order chi connectivity index (χ0) is 10.6. The predicted molar refractivity (Wildman–Crippen MR) is 56.9 cm³/mol. The van der Waals surface area contributed by atoms with Crippen molar-refractivity contribution in [2.24, 2.45) is 13.0 Å². The van der Waals surface area contributed by atoms with Crippen LogP contribution in [-0.2, 0) is 7.05 Å². The first-order valence-electron chi connectivity index (χ1n) is 5.31. The Labute approximate surface area is 85.8 Å². The van der Waals surface area contributed by atoms with Crippen LogP contribution < -0.4 is 0 Å². The van der Waals surface area contributed by atoms with Gasteiger partial charge in [0.2, 0.25) is 0 Å². The Kier molecular flexibility index (Phi) is 4.14. The van der Waals surface area contributed by atoms with Gasteiger partial charge in [0.05, 0.1) is 11.8 Å². The summed E-state index contributed by atoms with van der Waals surface area (Å²) in [6, 6.07) is 1.88. The van der Waals surface area contributed by atoms with Gasteiger partial charge >= 0.3 is 0 Å². The number of aromatic nitrogens is 2. The maximum Gasteiger partial charge on any atom is 0.0980 e. The lowest BCUT2D eigenvalue weighted by Crippen LogP contribution is -2.05. The van der Waals surface area contributed by atoms with Crippen LogP contribution in [0.5, 0.6) is 0 Å². The van der Waals surface area contributed by atoms with Gasteiger partial charge in [-0.05, 0) is 18.4 Å². The van der Waals surface area contributed by atoms with Gasteiger partial charge in [-0.3, -0.25) is 4.68 Å². The van der Waals surface area contributed by atoms with E-state index in [1.165, 1.54) is 12.8 Å². The molecule has 0 aromatic carbocycles. The Morgan fingerprint density at radius 1 is 1.57 bits per heavy atom. The summed E-state index contributed by atoms with van der Waals surface area (Å²) in [6.07, 6.45) is 4.62. The van der Waals surface area contributed by atoms with Crippen molar-refractivity contribution < 1.29 is 5.11 Å². The SMILES string of the molecule is CCCC(C)CC(O)c1ccn(C)n1. The average molecular weight is 196 g/mol. The smallest absolute Gasteiger partial charge is 0.0980 e. The van der Waals surface area contributed by atoms with Gasteiger partial charge in [0, 0.05) is 13.2 Å². The summed E-state index contributed by atoms with van der Waals surface area (Å²) in [4.78, 5) is 0. The summed E-state index contributed by atoms with van der Waals surface area (Å²) >= 11 is 0. The number of hydrogen-bond acceptors (Lipinski definition) is 2. The normalized spacial score (nSPS) is 15.4. The lowest BCUT2D eigenvalue weighted by Gasteiger charge is -2.13. The summed E-state index contributed by atoms with van der Waals surface area (Å²) in [5, 5.41) is 14.0. The van der Waals surface area contributed by atoms with E-state index in [1.807, 2.05) is 19.3 Å². The molecule has 0 fully saturated rings. The van der Waals surface area contributed by atoms with Gasteiger partial charge in [-0.25, -0.2) is 0 Å². The standard InChI is InChI=1S/C11H20N2O/c1-4-5-9(2)8-11(14)10-6-7-13(3)12-10/h6-7,9,11,14H,4-5,8H2,1-3H3. The van der Waals surface area contributed by atoms with Gasteiger partial charge in [-0.1, -0.05) is 26.7 Å². The van der Waals surface area contributed by atoms with Crippen LogP contribution >= 0.6 is 0 Å². The molecule has 80 valence electrons. The molecule has 0 amide bonds. The largest absolute Gasteiger partial charge is 0.387 e. The molecule has 2 unspecified atom stereocenters. The summed E-state index contributed by atoms with van der Waals surface area (Å²) in [7, 11) is 1.87. The average Bonchev–Trinajstić information content (AvgIpc) is 2.52. The highest BCUT2D eigenvalue weighted by atomic mass is 16.3. The van der Waals surface area contributed by atoms with Gasteiger partial charge in [0.25, 0.3) is 0 Å². The Bertz CT molecular complexity index is 270. The zero-order valence-electron chi connectivity index (χ0n) is 9.27. The second-order valence-corrected chi connectivity index (χ2v) is 4.06. The monoisotopic (exact) mass is 196 g/mol. The van der Waals surface area contributed by atoms with Gasteiger partial charge in [0.1, 0.15) is 0 Å². The van der Waals surface area contributed by atoms with Crippen molar-refractivity contribution in [3.05, 3.63) is 18.0 Å². The number of hydrogen-bond donors (Lipinski definition) is 1. The topological polar surface area (TPSA) is 38.0 Å². The molecule has 1 rings (SSSR count). The third-order valence-corrected chi connectivity index (χ3v) is 2.48. The molecule has 0 radical (unpaired) electrons. The van der Waals surface area contributed by atoms with Crippen molar-refractivity contribution in [3.8, 4) is 0 Å². The minimum atomic E-state index is -0.405. The highest BCUT2D eigenvalue weighted by molar-refractivity contribution is 5.02. The van der Waals surface area contributed by atoms with E-state index in [9.17, 15) is 5.11 Å². The van der Waals surface area contributed by atoms with E-state index in [0.29, 0.717) is 5.92 Å². The van der Waals surface area contributed by atoms with Crippen LogP contribution in [0.25, 0.3) is 0 Å². The first-order valence-corrected chi connectivity index (χ1v) is 5.31. The molecule has 1 N–H and O–H groups in total. The van der Waals surface area contributed by atoms with Crippen LogP contribution in [0.3, 0.4) is 0 Å². The molecular weight excluding hydrogens is 176 g/mol. The van der Waals surface area contributed by atoms with Crippen LogP contribution in [0.4, 0.5) is 0 Å². The Hall–Kier alpha value is -0.830. The van der Waals surface area contributed by atoms with Crippen molar-refractivity contribution in [2.45, 2.75) is 39.2 Å². The third-order valence-electron chi connectivity index (χ3n) is 2.48. The molecule has 3 nitrogen and oxygen atoms in total. The molecule has 14 heavy (non-hydrogen) atoms. The van der Waals surface area contributed by atoms with Crippen molar-refractivity contribution in [1.82, 2.24) is 9.78 Å². The predicted octanol–water partition coefficient (Wildman–Crippen LogP) is 2.28. The number of nitrogens with zero attached hydrogens (tertiary/aromatic N) is 2. The molecule has 0 saturated carbocycles. The van der Waals surface area contributed by atoms with Gasteiger partial charge in [-0.2, -0.15) is 5.10 Å². The lowest BCUT2D eigenvalue weighted by molar-refractivity contribution is 0.140. The molecule has 0 bridgehead atoms. The van der Waals surface area contributed by atoms with E-state index in [1.54, 1.807) is 4.68 Å². The number of aryl methyl sites for hydroxylation is 1. The maximum atomic E-state index is 9.86. The van der Waals surface area contributed by atoms with Crippen LogP contribution in [0.15, 0.2) is 12.3 Å². The maximum absolute atomic E-state index is 9.86. The Balaban J connectivity index is 2.45. The minimum absolute atomic E-state index is 0.405. The van der Waals surface area contributed by atoms with E-state index >= 15 is 0 Å². The lowest BCUT2D eigenvalue weighted by atomic mass is 9.97. The molecule has 1 aromatic rings. The molecule has 0 aliphatic rings. The number of rotatable bonds is 5. The van der Waals surface area contributed by atoms with Gasteiger partial charge in [0.15, 0.2) is 0 Å². The second-order valence-electron chi connectivity index (χ2n) is 4.06. The molecular formula is C11H20N2O. The third kappa shape index (κ3) is 3.14. The summed E-state index contributed by atoms with van der Waals surface area (Å²) in [5.41, 5.74) is 0.787. The summed E-state index contributed by atoms with van der Waals surface area (Å²) in [6.45, 7) is 4.35. The highest BCUT2D eigenvalue weighted by Crippen LogP contribution is 2.22. The quantitative estimate of drug-likeness (QED) is 0.784. The molecule has 2 atom stereocenters. The van der Waals surface area contributed by atoms with Crippen molar-refractivity contribution in [2.75, 3.05) is 0 Å². The molecule has 0 aliphatic carbocycles. The first kappa shape index (κ1) is 11.2. The van der Waals surface area contributed by atoms with E-state index < -0.39 is 6.10 Å². The fourth-order valence-electron chi connectivity index (χ4n) is 1.72. The van der Waals surface area contributed by atoms with Crippen molar-refractivity contribution >= 4 is 0 Å². The Morgan fingerprint density at radius 3 is 2.79 bits per heavy atom. The fraction of sp³-hybridized carbons (Fsp3) is 0.727. The van der Waals surface area contributed by atoms with Crippen molar-refractivity contribution in [3.63, 3.8) is 0 Å². The van der Waals surface area contributed by atoms with Crippen LogP contribution in [0.2, 0.25) is 0 Å². The van der Waals surface area contributed by atoms with Gasteiger partial charge in [-0.15, -0.1) is 0 Å². The minimum Gasteiger partial charge on any atom is -0.387 e. The molecule has 0 aliphatic heterocycles. The second kappa shape index (κ2) is 5.15. The molecule has 3 heteroatoms. The van der Waals surface area contributed by atoms with Crippen LogP contribution in [-0.4, -0.2) is 14.9 Å². The van der Waals surface area contributed by atoms with Crippen LogP contribution in [0.1, 0.15) is 44.9 Å². The van der Waals surface area contributed by atoms with E-state index in [2.05, 4.69) is 18.9 Å². The Morgan fingerprint density at radius 2 is 2.29 bits per heavy atom. The molecule has 1 aromatic heterocycles. The highest BCUT2D eigenvalue weighted by Gasteiger charge is 2.13. The molecule has 0 saturated heterocycles. The number of aliphatic hydroxyl groups is 1. The molecule has 0 spiro atoms. The van der Waals surface area contributed by atoms with Crippen LogP contribution in [0, 0.1) is 5.92 Å². The molecule has 1 heterocycles. The van der Waals surface area contributed by atoms with E-state index in [4.69, 9.17) is 0 Å². The fourth-order valence-corrected chi connectivity index (χ4v) is 1.72. The van der Waals surface area contributed by atoms with Crippen molar-refractivity contribution in [1.29, 1.82) is 0 Å².